The lowest BCUT2D eigenvalue weighted by Crippen LogP contribution is -2.61. The molecule has 0 aromatic heterocycles. The fourth-order valence-corrected chi connectivity index (χ4v) is 1.69. The molecule has 0 aliphatic rings. The van der Waals surface area contributed by atoms with E-state index in [4.69, 9.17) is 5.11 Å². The average molecular weight is 359 g/mol. The molecule has 0 rings (SSSR count). The summed E-state index contributed by atoms with van der Waals surface area (Å²) in [6.07, 6.45) is -5.24. The minimum absolute atomic E-state index is 0.0486. The fourth-order valence-electron chi connectivity index (χ4n) is 1.69. The smallest absolute Gasteiger partial charge is 0.407 e. The summed E-state index contributed by atoms with van der Waals surface area (Å²) in [5, 5.41) is 8.68. The summed E-state index contributed by atoms with van der Waals surface area (Å²) in [5.74, 6) is -18.3. The van der Waals surface area contributed by atoms with Gasteiger partial charge in [-0.2, -0.15) is 26.3 Å². The first-order chi connectivity index (χ1) is 10.3. The highest BCUT2D eigenvalue weighted by atomic mass is 19.4. The number of unbranched alkanes of at least 4 members (excludes halogenated alkanes) is 3. The van der Waals surface area contributed by atoms with Crippen molar-refractivity contribution in [3.05, 3.63) is 0 Å². The van der Waals surface area contributed by atoms with Gasteiger partial charge in [0, 0.05) is 6.54 Å². The molecule has 0 saturated heterocycles. The second-order valence-corrected chi connectivity index (χ2v) is 4.97. The van der Waals surface area contributed by atoms with Gasteiger partial charge >= 0.3 is 30.3 Å². The van der Waals surface area contributed by atoms with Crippen LogP contribution in [0.2, 0.25) is 0 Å². The Hall–Kier alpha value is -1.29. The van der Waals surface area contributed by atoms with Crippen LogP contribution >= 0.6 is 0 Å². The van der Waals surface area contributed by atoms with Gasteiger partial charge < -0.3 is 10.0 Å². The van der Waals surface area contributed by atoms with Gasteiger partial charge in [0.25, 0.3) is 0 Å². The van der Waals surface area contributed by atoms with Gasteiger partial charge in [-0.1, -0.05) is 26.2 Å². The van der Waals surface area contributed by atoms with E-state index in [-0.39, 0.29) is 11.3 Å². The summed E-state index contributed by atoms with van der Waals surface area (Å²) in [5.41, 5.74) is 0. The number of carbonyl (C=O) groups is 1. The summed E-state index contributed by atoms with van der Waals surface area (Å²) in [4.78, 5) is 10.6. The highest BCUT2D eigenvalue weighted by Gasteiger charge is 2.75. The van der Waals surface area contributed by atoms with Gasteiger partial charge in [0.15, 0.2) is 0 Å². The third kappa shape index (κ3) is 5.10. The average Bonchev–Trinajstić information content (AvgIpc) is 2.41. The van der Waals surface area contributed by atoms with Crippen molar-refractivity contribution in [2.24, 2.45) is 0 Å². The van der Waals surface area contributed by atoms with Crippen LogP contribution in [0, 0.1) is 0 Å². The molecule has 0 bridgehead atoms. The molecule has 0 aromatic rings. The molecule has 0 spiro atoms. The first-order valence-corrected chi connectivity index (χ1v) is 6.70. The van der Waals surface area contributed by atoms with Crippen LogP contribution in [0.3, 0.4) is 0 Å². The lowest BCUT2D eigenvalue weighted by Gasteiger charge is -2.34. The summed E-state index contributed by atoms with van der Waals surface area (Å²) < 4.78 is 102. The van der Waals surface area contributed by atoms with E-state index in [9.17, 15) is 39.9 Å². The second-order valence-electron chi connectivity index (χ2n) is 4.97. The zero-order valence-corrected chi connectivity index (χ0v) is 12.1. The number of alkyl halides is 8. The molecule has 0 unspecified atom stereocenters. The molecular formula is C12H17F8NO2. The minimum atomic E-state index is -6.40. The fraction of sp³-hybridized carbons (Fsp3) is 0.917. The van der Waals surface area contributed by atoms with Crippen LogP contribution in [0.25, 0.3) is 0 Å². The predicted octanol–water partition coefficient (Wildman–Crippen LogP) is 4.72. The van der Waals surface area contributed by atoms with E-state index in [1.165, 1.54) is 0 Å². The molecule has 0 aromatic carbocycles. The first-order valence-electron chi connectivity index (χ1n) is 6.70. The van der Waals surface area contributed by atoms with Gasteiger partial charge in [-0.25, -0.2) is 13.6 Å². The summed E-state index contributed by atoms with van der Waals surface area (Å²) in [6.45, 7) is -1.10. The van der Waals surface area contributed by atoms with Gasteiger partial charge in [0.2, 0.25) is 0 Å². The van der Waals surface area contributed by atoms with Crippen LogP contribution < -0.4 is 0 Å². The summed E-state index contributed by atoms with van der Waals surface area (Å²) in [7, 11) is 0. The van der Waals surface area contributed by atoms with E-state index < -0.39 is 43.4 Å². The monoisotopic (exact) mass is 359 g/mol. The van der Waals surface area contributed by atoms with Crippen LogP contribution in [0.5, 0.6) is 0 Å². The Morgan fingerprint density at radius 1 is 1.04 bits per heavy atom. The van der Waals surface area contributed by atoms with E-state index in [0.717, 1.165) is 6.42 Å². The maximum atomic E-state index is 13.4. The van der Waals surface area contributed by atoms with E-state index in [0.29, 0.717) is 12.8 Å². The topological polar surface area (TPSA) is 40.5 Å². The van der Waals surface area contributed by atoms with Gasteiger partial charge in [0.1, 0.15) is 0 Å². The summed E-state index contributed by atoms with van der Waals surface area (Å²) >= 11 is 0. The van der Waals surface area contributed by atoms with E-state index in [2.05, 4.69) is 0 Å². The standard InChI is InChI=1S/C12H17F8NO2/c1-2-3-4-5-6-21(9(22)23)7-10(15,16)12(19,20)11(17,18)8(13)14/h8H,2-7H2,1H3,(H,22,23). The SMILES string of the molecule is CCCCCCN(CC(F)(F)C(F)(F)C(F)(F)C(F)F)C(=O)O. The van der Waals surface area contributed by atoms with E-state index >= 15 is 0 Å². The van der Waals surface area contributed by atoms with Crippen molar-refractivity contribution in [2.75, 3.05) is 13.1 Å². The normalized spacial score (nSPS) is 13.5. The Bertz CT molecular complexity index is 389. The number of nitrogens with zero attached hydrogens (tertiary/aromatic N) is 1. The number of hydrogen-bond acceptors (Lipinski definition) is 1. The molecule has 138 valence electrons. The maximum Gasteiger partial charge on any atom is 0.407 e. The van der Waals surface area contributed by atoms with Crippen molar-refractivity contribution in [2.45, 2.75) is 56.8 Å². The van der Waals surface area contributed by atoms with Crippen molar-refractivity contribution >= 4 is 6.09 Å². The largest absolute Gasteiger partial charge is 0.465 e. The van der Waals surface area contributed by atoms with Gasteiger partial charge in [-0.15, -0.1) is 0 Å². The zero-order chi connectivity index (χ0) is 18.5. The van der Waals surface area contributed by atoms with Crippen molar-refractivity contribution in [1.82, 2.24) is 4.90 Å². The molecule has 1 N–H and O–H groups in total. The molecule has 0 heterocycles. The van der Waals surface area contributed by atoms with Crippen LogP contribution in [-0.2, 0) is 0 Å². The molecule has 3 nitrogen and oxygen atoms in total. The lowest BCUT2D eigenvalue weighted by molar-refractivity contribution is -0.339. The number of hydrogen-bond donors (Lipinski definition) is 1. The molecule has 0 fully saturated rings. The van der Waals surface area contributed by atoms with Crippen LogP contribution in [0.4, 0.5) is 39.9 Å². The third-order valence-corrected chi connectivity index (χ3v) is 3.09. The molecule has 0 aliphatic heterocycles. The van der Waals surface area contributed by atoms with Crippen molar-refractivity contribution in [1.29, 1.82) is 0 Å². The van der Waals surface area contributed by atoms with Crippen LogP contribution in [0.15, 0.2) is 0 Å². The number of amides is 1. The molecule has 1 amide bonds. The molecule has 0 atom stereocenters. The molecular weight excluding hydrogens is 342 g/mol. The Morgan fingerprint density at radius 3 is 1.96 bits per heavy atom. The first kappa shape index (κ1) is 21.7. The van der Waals surface area contributed by atoms with Crippen molar-refractivity contribution < 1.29 is 45.0 Å². The van der Waals surface area contributed by atoms with Gasteiger partial charge in [-0.3, -0.25) is 0 Å². The van der Waals surface area contributed by atoms with Gasteiger partial charge in [-0.05, 0) is 6.42 Å². The molecule has 11 heteroatoms. The van der Waals surface area contributed by atoms with Gasteiger partial charge in [0.05, 0.1) is 6.54 Å². The maximum absolute atomic E-state index is 13.4. The quantitative estimate of drug-likeness (QED) is 0.453. The molecule has 0 saturated carbocycles. The van der Waals surface area contributed by atoms with Crippen LogP contribution in [-0.4, -0.2) is 53.4 Å². The van der Waals surface area contributed by atoms with Crippen molar-refractivity contribution in [3.63, 3.8) is 0 Å². The Morgan fingerprint density at radius 2 is 1.57 bits per heavy atom. The number of carboxylic acid groups (broad SMARTS) is 1. The number of rotatable bonds is 10. The van der Waals surface area contributed by atoms with Crippen molar-refractivity contribution in [3.8, 4) is 0 Å². The molecule has 0 radical (unpaired) electrons. The molecule has 23 heavy (non-hydrogen) atoms. The Balaban J connectivity index is 5.12. The van der Waals surface area contributed by atoms with E-state index in [1.807, 2.05) is 0 Å². The third-order valence-electron chi connectivity index (χ3n) is 3.09. The summed E-state index contributed by atoms with van der Waals surface area (Å²) in [6, 6.07) is 0. The minimum Gasteiger partial charge on any atom is -0.465 e. The second kappa shape index (κ2) is 8.00. The zero-order valence-electron chi connectivity index (χ0n) is 12.1. The Labute approximate surface area is 127 Å². The Kier molecular flexibility index (Phi) is 7.55. The van der Waals surface area contributed by atoms with E-state index in [1.54, 1.807) is 6.92 Å². The van der Waals surface area contributed by atoms with Crippen LogP contribution in [0.1, 0.15) is 32.6 Å². The highest BCUT2D eigenvalue weighted by molar-refractivity contribution is 5.65. The number of halogens is 8. The molecule has 0 aliphatic carbocycles. The highest BCUT2D eigenvalue weighted by Crippen LogP contribution is 2.48. The predicted molar refractivity (Wildman–Crippen MR) is 64.6 cm³/mol. The lowest BCUT2D eigenvalue weighted by atomic mass is 10.0.